The SMILES string of the molecule is CCc1ccccc1Nc1ccc(C(=O)N2CCC3(CC2)OCCO3)nn1. The summed E-state index contributed by atoms with van der Waals surface area (Å²) in [7, 11) is 0. The fraction of sp³-hybridized carbons (Fsp3) is 0.450. The maximum atomic E-state index is 12.7. The molecule has 0 atom stereocenters. The smallest absolute Gasteiger partial charge is 0.274 e. The molecule has 1 amide bonds. The third-order valence-corrected chi connectivity index (χ3v) is 5.17. The van der Waals surface area contributed by atoms with Crippen molar-refractivity contribution in [2.45, 2.75) is 32.0 Å². The number of para-hydroxylation sites is 1. The molecule has 2 aromatic rings. The number of carbonyl (C=O) groups is 1. The number of nitrogens with one attached hydrogen (secondary N) is 1. The van der Waals surface area contributed by atoms with Crippen LogP contribution in [0.5, 0.6) is 0 Å². The van der Waals surface area contributed by atoms with Gasteiger partial charge in [0, 0.05) is 31.6 Å². The van der Waals surface area contributed by atoms with E-state index in [9.17, 15) is 4.79 Å². The fourth-order valence-corrected chi connectivity index (χ4v) is 3.60. The zero-order valence-corrected chi connectivity index (χ0v) is 15.5. The molecule has 0 radical (unpaired) electrons. The number of likely N-dealkylation sites (tertiary alicyclic amines) is 1. The molecule has 7 nitrogen and oxygen atoms in total. The quantitative estimate of drug-likeness (QED) is 0.894. The molecule has 1 spiro atoms. The van der Waals surface area contributed by atoms with E-state index in [1.165, 1.54) is 5.56 Å². The lowest BCUT2D eigenvalue weighted by Gasteiger charge is -2.37. The molecule has 2 aliphatic rings. The van der Waals surface area contributed by atoms with Crippen LogP contribution in [0, 0.1) is 0 Å². The Hall–Kier alpha value is -2.51. The van der Waals surface area contributed by atoms with E-state index >= 15 is 0 Å². The summed E-state index contributed by atoms with van der Waals surface area (Å²) in [5.74, 6) is 0.0387. The second-order valence-corrected chi connectivity index (χ2v) is 6.84. The zero-order chi connectivity index (χ0) is 18.7. The van der Waals surface area contributed by atoms with Gasteiger partial charge in [-0.25, -0.2) is 0 Å². The molecular formula is C20H24N4O3. The van der Waals surface area contributed by atoms with Crippen LogP contribution in [0.15, 0.2) is 36.4 Å². The number of hydrogen-bond acceptors (Lipinski definition) is 6. The second kappa shape index (κ2) is 7.62. The van der Waals surface area contributed by atoms with Crippen molar-refractivity contribution in [2.75, 3.05) is 31.6 Å². The average molecular weight is 368 g/mol. The average Bonchev–Trinajstić information content (AvgIpc) is 3.17. The van der Waals surface area contributed by atoms with E-state index in [0.29, 0.717) is 50.7 Å². The van der Waals surface area contributed by atoms with Gasteiger partial charge >= 0.3 is 0 Å². The molecule has 142 valence electrons. The minimum atomic E-state index is -0.483. The molecule has 2 fully saturated rings. The van der Waals surface area contributed by atoms with E-state index in [1.807, 2.05) is 18.2 Å². The Labute approximate surface area is 158 Å². The number of nitrogens with zero attached hydrogens (tertiary/aromatic N) is 3. The Morgan fingerprint density at radius 1 is 1.11 bits per heavy atom. The van der Waals surface area contributed by atoms with Gasteiger partial charge in [-0.2, -0.15) is 0 Å². The predicted octanol–water partition coefficient (Wildman–Crippen LogP) is 2.76. The Bertz CT molecular complexity index is 793. The number of hydrogen-bond donors (Lipinski definition) is 1. The summed E-state index contributed by atoms with van der Waals surface area (Å²) >= 11 is 0. The molecule has 7 heteroatoms. The highest BCUT2D eigenvalue weighted by molar-refractivity contribution is 5.92. The molecule has 3 heterocycles. The Balaban J connectivity index is 1.39. The van der Waals surface area contributed by atoms with E-state index in [1.54, 1.807) is 17.0 Å². The van der Waals surface area contributed by atoms with Gasteiger partial charge in [0.15, 0.2) is 17.3 Å². The lowest BCUT2D eigenvalue weighted by atomic mass is 10.0. The van der Waals surface area contributed by atoms with Gasteiger partial charge in [0.05, 0.1) is 13.2 Å². The van der Waals surface area contributed by atoms with Gasteiger partial charge in [0.25, 0.3) is 5.91 Å². The molecule has 1 aromatic carbocycles. The molecule has 1 N–H and O–H groups in total. The van der Waals surface area contributed by atoms with E-state index in [4.69, 9.17) is 9.47 Å². The molecule has 4 rings (SSSR count). The molecule has 2 saturated heterocycles. The third-order valence-electron chi connectivity index (χ3n) is 5.17. The molecule has 0 unspecified atom stereocenters. The molecule has 0 saturated carbocycles. The number of amides is 1. The van der Waals surface area contributed by atoms with Gasteiger partial charge in [-0.15, -0.1) is 10.2 Å². The minimum Gasteiger partial charge on any atom is -0.347 e. The molecule has 2 aliphatic heterocycles. The van der Waals surface area contributed by atoms with Crippen molar-refractivity contribution in [3.8, 4) is 0 Å². The number of piperidine rings is 1. The van der Waals surface area contributed by atoms with Crippen molar-refractivity contribution >= 4 is 17.4 Å². The van der Waals surface area contributed by atoms with Gasteiger partial charge in [0.1, 0.15) is 0 Å². The Kier molecular flexibility index (Phi) is 5.05. The van der Waals surface area contributed by atoms with Gasteiger partial charge in [-0.1, -0.05) is 25.1 Å². The van der Waals surface area contributed by atoms with Gasteiger partial charge in [-0.05, 0) is 30.2 Å². The van der Waals surface area contributed by atoms with Crippen LogP contribution < -0.4 is 5.32 Å². The summed E-state index contributed by atoms with van der Waals surface area (Å²) in [5, 5.41) is 11.6. The molecular weight excluding hydrogens is 344 g/mol. The summed E-state index contributed by atoms with van der Waals surface area (Å²) in [5.41, 5.74) is 2.57. The Morgan fingerprint density at radius 3 is 2.52 bits per heavy atom. The molecule has 27 heavy (non-hydrogen) atoms. The normalized spacial score (nSPS) is 18.6. The van der Waals surface area contributed by atoms with Crippen LogP contribution in [0.3, 0.4) is 0 Å². The Morgan fingerprint density at radius 2 is 1.85 bits per heavy atom. The first-order valence-corrected chi connectivity index (χ1v) is 9.45. The van der Waals surface area contributed by atoms with Crippen molar-refractivity contribution in [1.29, 1.82) is 0 Å². The van der Waals surface area contributed by atoms with Crippen LogP contribution in [0.2, 0.25) is 0 Å². The van der Waals surface area contributed by atoms with Gasteiger partial charge in [0.2, 0.25) is 0 Å². The van der Waals surface area contributed by atoms with E-state index < -0.39 is 5.79 Å². The van der Waals surface area contributed by atoms with Crippen LogP contribution in [0.25, 0.3) is 0 Å². The summed E-state index contributed by atoms with van der Waals surface area (Å²) in [4.78, 5) is 14.5. The summed E-state index contributed by atoms with van der Waals surface area (Å²) < 4.78 is 11.4. The fourth-order valence-electron chi connectivity index (χ4n) is 3.60. The van der Waals surface area contributed by atoms with Crippen LogP contribution in [0.4, 0.5) is 11.5 Å². The zero-order valence-electron chi connectivity index (χ0n) is 15.5. The van der Waals surface area contributed by atoms with Crippen LogP contribution >= 0.6 is 0 Å². The summed E-state index contributed by atoms with van der Waals surface area (Å²) in [6.07, 6.45) is 2.32. The lowest BCUT2D eigenvalue weighted by molar-refractivity contribution is -0.181. The highest BCUT2D eigenvalue weighted by Gasteiger charge is 2.41. The topological polar surface area (TPSA) is 76.6 Å². The van der Waals surface area contributed by atoms with Crippen molar-refractivity contribution in [2.24, 2.45) is 0 Å². The monoisotopic (exact) mass is 368 g/mol. The lowest BCUT2D eigenvalue weighted by Crippen LogP contribution is -2.47. The minimum absolute atomic E-state index is 0.101. The van der Waals surface area contributed by atoms with Crippen molar-refractivity contribution in [3.05, 3.63) is 47.7 Å². The number of anilines is 2. The first-order chi connectivity index (χ1) is 13.2. The third kappa shape index (κ3) is 3.79. The number of benzene rings is 1. The number of ether oxygens (including phenoxy) is 2. The van der Waals surface area contributed by atoms with Gasteiger partial charge in [-0.3, -0.25) is 4.79 Å². The molecule has 0 aliphatic carbocycles. The summed E-state index contributed by atoms with van der Waals surface area (Å²) in [6, 6.07) is 11.6. The van der Waals surface area contributed by atoms with E-state index in [0.717, 1.165) is 12.1 Å². The van der Waals surface area contributed by atoms with Gasteiger partial charge < -0.3 is 19.7 Å². The number of aromatic nitrogens is 2. The largest absolute Gasteiger partial charge is 0.347 e. The summed E-state index contributed by atoms with van der Waals surface area (Å²) in [6.45, 7) is 4.58. The van der Waals surface area contributed by atoms with E-state index in [-0.39, 0.29) is 5.91 Å². The predicted molar refractivity (Wildman–Crippen MR) is 101 cm³/mol. The second-order valence-electron chi connectivity index (χ2n) is 6.84. The highest BCUT2D eigenvalue weighted by atomic mass is 16.7. The van der Waals surface area contributed by atoms with Crippen molar-refractivity contribution < 1.29 is 14.3 Å². The molecule has 1 aromatic heterocycles. The van der Waals surface area contributed by atoms with E-state index in [2.05, 4.69) is 28.5 Å². The maximum absolute atomic E-state index is 12.7. The highest BCUT2D eigenvalue weighted by Crippen LogP contribution is 2.31. The first-order valence-electron chi connectivity index (χ1n) is 9.45. The van der Waals surface area contributed by atoms with Crippen LogP contribution in [0.1, 0.15) is 35.8 Å². The first kappa shape index (κ1) is 17.9. The maximum Gasteiger partial charge on any atom is 0.274 e. The van der Waals surface area contributed by atoms with Crippen molar-refractivity contribution in [3.63, 3.8) is 0 Å². The standard InChI is InChI=1S/C20H24N4O3/c1-2-15-5-3-4-6-16(15)21-18-8-7-17(22-23-18)19(25)24-11-9-20(10-12-24)26-13-14-27-20/h3-8H,2,9-14H2,1H3,(H,21,23). The number of carbonyl (C=O) groups excluding carboxylic acids is 1. The molecule has 0 bridgehead atoms. The van der Waals surface area contributed by atoms with Crippen molar-refractivity contribution in [1.82, 2.24) is 15.1 Å². The van der Waals surface area contributed by atoms with Crippen LogP contribution in [-0.2, 0) is 15.9 Å². The number of rotatable bonds is 4. The number of aryl methyl sites for hydroxylation is 1. The van der Waals surface area contributed by atoms with Crippen LogP contribution in [-0.4, -0.2) is 53.1 Å².